The van der Waals surface area contributed by atoms with Gasteiger partial charge in [-0.2, -0.15) is 0 Å². The summed E-state index contributed by atoms with van der Waals surface area (Å²) in [6.07, 6.45) is 4.29. The van der Waals surface area contributed by atoms with E-state index in [1.54, 1.807) is 0 Å². The second kappa shape index (κ2) is 6.58. The fourth-order valence-corrected chi connectivity index (χ4v) is 4.13. The van der Waals surface area contributed by atoms with Crippen molar-refractivity contribution < 1.29 is 0 Å². The molecule has 1 N–H and O–H groups in total. The Morgan fingerprint density at radius 1 is 1.24 bits per heavy atom. The predicted molar refractivity (Wildman–Crippen MR) is 91.0 cm³/mol. The molecule has 0 spiro atoms. The fourth-order valence-electron chi connectivity index (χ4n) is 3.93. The average Bonchev–Trinajstić information content (AvgIpc) is 2.99. The van der Waals surface area contributed by atoms with E-state index in [1.165, 1.54) is 43.6 Å². The van der Waals surface area contributed by atoms with Crippen molar-refractivity contribution in [2.45, 2.75) is 39.7 Å². The number of hydrogen-bond acceptors (Lipinski definition) is 2. The van der Waals surface area contributed by atoms with E-state index in [-0.39, 0.29) is 0 Å². The smallest absolute Gasteiger partial charge is 0.0413 e. The Kier molecular flexibility index (Phi) is 4.75. The number of halogens is 1. The molecule has 1 saturated carbocycles. The summed E-state index contributed by atoms with van der Waals surface area (Å²) in [7, 11) is 0. The maximum Gasteiger partial charge on any atom is 0.0413 e. The van der Waals surface area contributed by atoms with Crippen molar-refractivity contribution in [2.75, 3.05) is 24.5 Å². The normalized spacial score (nSPS) is 24.9. The molecule has 3 rings (SSSR count). The number of nitrogens with zero attached hydrogens (tertiary/aromatic N) is 1. The molecule has 2 atom stereocenters. The summed E-state index contributed by atoms with van der Waals surface area (Å²) in [4.78, 5) is 2.59. The van der Waals surface area contributed by atoms with Gasteiger partial charge < -0.3 is 10.2 Å². The number of fused-ring (bicyclic) bond motifs is 1. The lowest BCUT2D eigenvalue weighted by molar-refractivity contribution is 0.494. The largest absolute Gasteiger partial charge is 0.371 e. The number of anilines is 1. The zero-order valence-electron chi connectivity index (χ0n) is 13.2. The molecule has 21 heavy (non-hydrogen) atoms. The van der Waals surface area contributed by atoms with Crippen molar-refractivity contribution in [3.8, 4) is 0 Å². The third-order valence-corrected chi connectivity index (χ3v) is 5.21. The minimum Gasteiger partial charge on any atom is -0.371 e. The number of benzene rings is 1. The van der Waals surface area contributed by atoms with Gasteiger partial charge in [-0.3, -0.25) is 0 Å². The van der Waals surface area contributed by atoms with Gasteiger partial charge in [0.2, 0.25) is 0 Å². The summed E-state index contributed by atoms with van der Waals surface area (Å²) in [5, 5.41) is 4.40. The van der Waals surface area contributed by atoms with Gasteiger partial charge in [-0.1, -0.05) is 31.9 Å². The molecule has 116 valence electrons. The monoisotopic (exact) mass is 306 g/mol. The van der Waals surface area contributed by atoms with Crippen LogP contribution in [0, 0.1) is 17.8 Å². The summed E-state index contributed by atoms with van der Waals surface area (Å²) in [6.45, 7) is 8.94. The van der Waals surface area contributed by atoms with Crippen LogP contribution in [0.15, 0.2) is 18.2 Å². The molecular weight excluding hydrogens is 280 g/mol. The van der Waals surface area contributed by atoms with Crippen LogP contribution in [0.5, 0.6) is 0 Å². The minimum absolute atomic E-state index is 0.679. The quantitative estimate of drug-likeness (QED) is 0.871. The molecule has 2 fully saturated rings. The van der Waals surface area contributed by atoms with Crippen LogP contribution in [-0.4, -0.2) is 19.6 Å². The Bertz CT molecular complexity index is 474. The number of nitrogens with one attached hydrogen (secondary N) is 1. The van der Waals surface area contributed by atoms with Crippen LogP contribution < -0.4 is 10.2 Å². The molecule has 0 amide bonds. The lowest BCUT2D eigenvalue weighted by Gasteiger charge is -2.23. The van der Waals surface area contributed by atoms with Gasteiger partial charge in [-0.25, -0.2) is 0 Å². The Morgan fingerprint density at radius 3 is 2.62 bits per heavy atom. The van der Waals surface area contributed by atoms with Crippen molar-refractivity contribution in [3.63, 3.8) is 0 Å². The topological polar surface area (TPSA) is 15.3 Å². The van der Waals surface area contributed by atoms with Gasteiger partial charge in [0.25, 0.3) is 0 Å². The van der Waals surface area contributed by atoms with Gasteiger partial charge in [-0.15, -0.1) is 0 Å². The Balaban J connectivity index is 1.72. The SMILES string of the molecule is CC(C)CNCc1cc(Cl)ccc1N1CC2CCCC2C1. The van der Waals surface area contributed by atoms with Crippen LogP contribution >= 0.6 is 11.6 Å². The molecule has 2 nitrogen and oxygen atoms in total. The van der Waals surface area contributed by atoms with Gasteiger partial charge in [0, 0.05) is 30.3 Å². The van der Waals surface area contributed by atoms with Gasteiger partial charge in [0.1, 0.15) is 0 Å². The molecule has 1 heterocycles. The van der Waals surface area contributed by atoms with Crippen LogP contribution in [0.3, 0.4) is 0 Å². The summed E-state index contributed by atoms with van der Waals surface area (Å²) >= 11 is 6.21. The summed E-state index contributed by atoms with van der Waals surface area (Å²) in [5.74, 6) is 2.54. The molecule has 1 aliphatic heterocycles. The first-order valence-electron chi connectivity index (χ1n) is 8.37. The van der Waals surface area contributed by atoms with Crippen molar-refractivity contribution in [2.24, 2.45) is 17.8 Å². The fraction of sp³-hybridized carbons (Fsp3) is 0.667. The first kappa shape index (κ1) is 15.2. The molecule has 1 saturated heterocycles. The Morgan fingerprint density at radius 2 is 1.95 bits per heavy atom. The highest BCUT2D eigenvalue weighted by atomic mass is 35.5. The van der Waals surface area contributed by atoms with Gasteiger partial charge >= 0.3 is 0 Å². The highest BCUT2D eigenvalue weighted by Gasteiger charge is 2.36. The first-order chi connectivity index (χ1) is 10.1. The number of hydrogen-bond donors (Lipinski definition) is 1. The van der Waals surface area contributed by atoms with E-state index in [0.717, 1.165) is 29.9 Å². The maximum absolute atomic E-state index is 6.21. The van der Waals surface area contributed by atoms with Crippen molar-refractivity contribution in [3.05, 3.63) is 28.8 Å². The highest BCUT2D eigenvalue weighted by molar-refractivity contribution is 6.30. The van der Waals surface area contributed by atoms with E-state index in [1.807, 2.05) is 6.07 Å². The van der Waals surface area contributed by atoms with E-state index >= 15 is 0 Å². The minimum atomic E-state index is 0.679. The van der Waals surface area contributed by atoms with Crippen LogP contribution in [0.25, 0.3) is 0 Å². The molecule has 0 aromatic heterocycles. The third-order valence-electron chi connectivity index (χ3n) is 4.98. The molecular formula is C18H27ClN2. The second-order valence-corrected chi connectivity index (χ2v) is 7.59. The lowest BCUT2D eigenvalue weighted by Crippen LogP contribution is -2.25. The third kappa shape index (κ3) is 3.54. The van der Waals surface area contributed by atoms with Gasteiger partial charge in [0.05, 0.1) is 0 Å². The molecule has 1 aliphatic carbocycles. The van der Waals surface area contributed by atoms with Gasteiger partial charge in [-0.05, 0) is 60.9 Å². The molecule has 2 aliphatic rings. The Labute approximate surface area is 133 Å². The molecule has 3 heteroatoms. The van der Waals surface area contributed by atoms with E-state index in [4.69, 9.17) is 11.6 Å². The zero-order valence-corrected chi connectivity index (χ0v) is 14.0. The molecule has 1 aromatic rings. The van der Waals surface area contributed by atoms with Crippen LogP contribution in [0.2, 0.25) is 5.02 Å². The van der Waals surface area contributed by atoms with Crippen LogP contribution in [0.1, 0.15) is 38.7 Å². The highest BCUT2D eigenvalue weighted by Crippen LogP contribution is 2.40. The first-order valence-corrected chi connectivity index (χ1v) is 8.75. The van der Waals surface area contributed by atoms with Crippen molar-refractivity contribution >= 4 is 17.3 Å². The molecule has 0 bridgehead atoms. The lowest BCUT2D eigenvalue weighted by atomic mass is 10.0. The molecule has 0 radical (unpaired) electrons. The van der Waals surface area contributed by atoms with E-state index < -0.39 is 0 Å². The second-order valence-electron chi connectivity index (χ2n) is 7.15. The van der Waals surface area contributed by atoms with Gasteiger partial charge in [0.15, 0.2) is 0 Å². The Hall–Kier alpha value is -0.730. The average molecular weight is 307 g/mol. The number of rotatable bonds is 5. The van der Waals surface area contributed by atoms with E-state index in [0.29, 0.717) is 5.92 Å². The van der Waals surface area contributed by atoms with E-state index in [2.05, 4.69) is 36.2 Å². The standard InChI is InChI=1S/C18H27ClN2/c1-13(2)9-20-10-16-8-17(19)6-7-18(16)21-11-14-4-3-5-15(14)12-21/h6-8,13-15,20H,3-5,9-12H2,1-2H3. The summed E-state index contributed by atoms with van der Waals surface area (Å²) < 4.78 is 0. The van der Waals surface area contributed by atoms with Crippen LogP contribution in [0.4, 0.5) is 5.69 Å². The molecule has 1 aromatic carbocycles. The van der Waals surface area contributed by atoms with Crippen LogP contribution in [-0.2, 0) is 6.54 Å². The van der Waals surface area contributed by atoms with E-state index in [9.17, 15) is 0 Å². The summed E-state index contributed by atoms with van der Waals surface area (Å²) in [6, 6.07) is 6.39. The predicted octanol–water partition coefficient (Wildman–Crippen LogP) is 4.32. The zero-order chi connectivity index (χ0) is 14.8. The summed E-state index contributed by atoms with van der Waals surface area (Å²) in [5.41, 5.74) is 2.74. The molecule has 2 unspecified atom stereocenters. The van der Waals surface area contributed by atoms with Crippen molar-refractivity contribution in [1.29, 1.82) is 0 Å². The van der Waals surface area contributed by atoms with Crippen molar-refractivity contribution in [1.82, 2.24) is 5.32 Å². The maximum atomic E-state index is 6.21.